The molecule has 0 aliphatic rings. The van der Waals surface area contributed by atoms with E-state index in [2.05, 4.69) is 20.9 Å². The highest BCUT2D eigenvalue weighted by Crippen LogP contribution is 2.31. The highest BCUT2D eigenvalue weighted by molar-refractivity contribution is 9.10. The van der Waals surface area contributed by atoms with E-state index in [4.69, 9.17) is 10.5 Å². The maximum absolute atomic E-state index is 13.5. The summed E-state index contributed by atoms with van der Waals surface area (Å²) in [4.78, 5) is 3.92. The Hall–Kier alpha value is -1.46. The molecule has 1 aromatic heterocycles. The zero-order valence-electron chi connectivity index (χ0n) is 8.86. The summed E-state index contributed by atoms with van der Waals surface area (Å²) in [5, 5.41) is 0. The van der Waals surface area contributed by atoms with E-state index >= 15 is 0 Å². The Bertz CT molecular complexity index is 534. The lowest BCUT2D eigenvalue weighted by Gasteiger charge is -2.11. The SMILES string of the molecule is NCc1c(F)cccc1Oc1ccncc1Br. The van der Waals surface area contributed by atoms with Gasteiger partial charge in [0.15, 0.2) is 0 Å². The first-order valence-electron chi connectivity index (χ1n) is 4.97. The number of aromatic nitrogens is 1. The summed E-state index contributed by atoms with van der Waals surface area (Å²) < 4.78 is 19.8. The molecule has 0 radical (unpaired) electrons. The number of rotatable bonds is 3. The van der Waals surface area contributed by atoms with Gasteiger partial charge >= 0.3 is 0 Å². The molecule has 0 unspecified atom stereocenters. The van der Waals surface area contributed by atoms with E-state index in [1.54, 1.807) is 30.6 Å². The average molecular weight is 297 g/mol. The first kappa shape index (κ1) is 12.0. The Balaban J connectivity index is 2.37. The van der Waals surface area contributed by atoms with Crippen molar-refractivity contribution in [1.29, 1.82) is 0 Å². The van der Waals surface area contributed by atoms with Crippen molar-refractivity contribution in [2.75, 3.05) is 0 Å². The van der Waals surface area contributed by atoms with Gasteiger partial charge in [0, 0.05) is 30.6 Å². The van der Waals surface area contributed by atoms with Gasteiger partial charge < -0.3 is 10.5 Å². The fourth-order valence-corrected chi connectivity index (χ4v) is 1.73. The van der Waals surface area contributed by atoms with Crippen LogP contribution < -0.4 is 10.5 Å². The molecule has 2 rings (SSSR count). The van der Waals surface area contributed by atoms with Crippen molar-refractivity contribution in [1.82, 2.24) is 4.98 Å². The molecule has 3 nitrogen and oxygen atoms in total. The van der Waals surface area contributed by atoms with Gasteiger partial charge in [0.1, 0.15) is 17.3 Å². The Morgan fingerprint density at radius 1 is 1.29 bits per heavy atom. The van der Waals surface area contributed by atoms with Crippen molar-refractivity contribution in [3.05, 3.63) is 52.5 Å². The number of hydrogen-bond acceptors (Lipinski definition) is 3. The minimum Gasteiger partial charge on any atom is -0.456 e. The third-order valence-electron chi connectivity index (χ3n) is 2.24. The van der Waals surface area contributed by atoms with Crippen LogP contribution in [0.1, 0.15) is 5.56 Å². The summed E-state index contributed by atoms with van der Waals surface area (Å²) in [5.41, 5.74) is 5.86. The summed E-state index contributed by atoms with van der Waals surface area (Å²) in [5.74, 6) is 0.620. The predicted molar refractivity (Wildman–Crippen MR) is 66.3 cm³/mol. The van der Waals surface area contributed by atoms with E-state index in [1.165, 1.54) is 6.07 Å². The minimum atomic E-state index is -0.366. The Morgan fingerprint density at radius 2 is 2.12 bits per heavy atom. The molecule has 1 heterocycles. The van der Waals surface area contributed by atoms with Crippen LogP contribution in [0.2, 0.25) is 0 Å². The number of ether oxygens (including phenoxy) is 1. The van der Waals surface area contributed by atoms with Crippen molar-refractivity contribution in [2.24, 2.45) is 5.73 Å². The lowest BCUT2D eigenvalue weighted by atomic mass is 10.2. The maximum Gasteiger partial charge on any atom is 0.144 e. The van der Waals surface area contributed by atoms with Crippen LogP contribution in [0.15, 0.2) is 41.1 Å². The van der Waals surface area contributed by atoms with E-state index < -0.39 is 0 Å². The average Bonchev–Trinajstić information content (AvgIpc) is 2.32. The summed E-state index contributed by atoms with van der Waals surface area (Å²) in [6.45, 7) is 0.0880. The van der Waals surface area contributed by atoms with E-state index in [0.29, 0.717) is 21.5 Å². The summed E-state index contributed by atoms with van der Waals surface area (Å²) in [6, 6.07) is 6.31. The van der Waals surface area contributed by atoms with Crippen molar-refractivity contribution < 1.29 is 9.13 Å². The predicted octanol–water partition coefficient (Wildman–Crippen LogP) is 3.23. The summed E-state index contributed by atoms with van der Waals surface area (Å²) in [7, 11) is 0. The fraction of sp³-hybridized carbons (Fsp3) is 0.0833. The number of pyridine rings is 1. The standard InChI is InChI=1S/C12H10BrFN2O/c13-9-7-16-5-4-12(9)17-11-3-1-2-10(14)8(11)6-15/h1-5,7H,6,15H2. The molecule has 2 aromatic rings. The highest BCUT2D eigenvalue weighted by atomic mass is 79.9. The lowest BCUT2D eigenvalue weighted by Crippen LogP contribution is -2.02. The lowest BCUT2D eigenvalue weighted by molar-refractivity contribution is 0.464. The van der Waals surface area contributed by atoms with Crippen LogP contribution in [0.5, 0.6) is 11.5 Å². The van der Waals surface area contributed by atoms with E-state index in [1.807, 2.05) is 0 Å². The largest absolute Gasteiger partial charge is 0.456 e. The molecule has 0 aliphatic heterocycles. The van der Waals surface area contributed by atoms with Gasteiger partial charge in [0.2, 0.25) is 0 Å². The number of nitrogens with two attached hydrogens (primary N) is 1. The molecule has 0 aliphatic carbocycles. The molecule has 0 saturated heterocycles. The topological polar surface area (TPSA) is 48.1 Å². The number of halogens is 2. The molecule has 1 aromatic carbocycles. The molecule has 0 bridgehead atoms. The van der Waals surface area contributed by atoms with Crippen molar-refractivity contribution in [2.45, 2.75) is 6.54 Å². The number of benzene rings is 1. The first-order chi connectivity index (χ1) is 8.22. The monoisotopic (exact) mass is 296 g/mol. The molecule has 0 fully saturated rings. The van der Waals surface area contributed by atoms with Gasteiger partial charge in [-0.05, 0) is 28.1 Å². The summed E-state index contributed by atoms with van der Waals surface area (Å²) >= 11 is 3.31. The van der Waals surface area contributed by atoms with Crippen LogP contribution in [0, 0.1) is 5.82 Å². The molecular weight excluding hydrogens is 287 g/mol. The van der Waals surface area contributed by atoms with Crippen molar-refractivity contribution in [3.63, 3.8) is 0 Å². The zero-order valence-corrected chi connectivity index (χ0v) is 10.4. The van der Waals surface area contributed by atoms with Crippen LogP contribution in [0.25, 0.3) is 0 Å². The van der Waals surface area contributed by atoms with Crippen molar-refractivity contribution >= 4 is 15.9 Å². The molecule has 5 heteroatoms. The van der Waals surface area contributed by atoms with Crippen LogP contribution in [0.4, 0.5) is 4.39 Å². The second-order valence-electron chi connectivity index (χ2n) is 3.33. The Labute approximate surface area is 107 Å². The van der Waals surface area contributed by atoms with E-state index in [0.717, 1.165) is 0 Å². The van der Waals surface area contributed by atoms with Crippen LogP contribution in [-0.2, 0) is 6.54 Å². The number of nitrogens with zero attached hydrogens (tertiary/aromatic N) is 1. The zero-order chi connectivity index (χ0) is 12.3. The maximum atomic E-state index is 13.5. The van der Waals surface area contributed by atoms with Crippen LogP contribution in [-0.4, -0.2) is 4.98 Å². The minimum absolute atomic E-state index is 0.0880. The normalized spacial score (nSPS) is 10.3. The second-order valence-corrected chi connectivity index (χ2v) is 4.18. The molecule has 0 amide bonds. The van der Waals surface area contributed by atoms with Gasteiger partial charge in [0.25, 0.3) is 0 Å². The Kier molecular flexibility index (Phi) is 3.71. The molecular formula is C12H10BrFN2O. The van der Waals surface area contributed by atoms with Crippen LogP contribution >= 0.6 is 15.9 Å². The first-order valence-corrected chi connectivity index (χ1v) is 5.76. The van der Waals surface area contributed by atoms with Gasteiger partial charge in [-0.1, -0.05) is 6.07 Å². The molecule has 0 saturated carbocycles. The van der Waals surface area contributed by atoms with Gasteiger partial charge in [0.05, 0.1) is 4.47 Å². The van der Waals surface area contributed by atoms with E-state index in [-0.39, 0.29) is 12.4 Å². The highest BCUT2D eigenvalue weighted by Gasteiger charge is 2.10. The smallest absolute Gasteiger partial charge is 0.144 e. The molecule has 2 N–H and O–H groups in total. The Morgan fingerprint density at radius 3 is 2.82 bits per heavy atom. The molecule has 17 heavy (non-hydrogen) atoms. The van der Waals surface area contributed by atoms with Gasteiger partial charge in [-0.15, -0.1) is 0 Å². The quantitative estimate of drug-likeness (QED) is 0.946. The summed E-state index contributed by atoms with van der Waals surface area (Å²) in [6.07, 6.45) is 3.21. The third-order valence-corrected chi connectivity index (χ3v) is 2.83. The van der Waals surface area contributed by atoms with Gasteiger partial charge in [-0.25, -0.2) is 4.39 Å². The molecule has 0 spiro atoms. The van der Waals surface area contributed by atoms with Crippen molar-refractivity contribution in [3.8, 4) is 11.5 Å². The third kappa shape index (κ3) is 2.62. The second kappa shape index (κ2) is 5.25. The fourth-order valence-electron chi connectivity index (χ4n) is 1.40. The van der Waals surface area contributed by atoms with Crippen LogP contribution in [0.3, 0.4) is 0 Å². The van der Waals surface area contributed by atoms with E-state index in [9.17, 15) is 4.39 Å². The van der Waals surface area contributed by atoms with Gasteiger partial charge in [-0.3, -0.25) is 4.98 Å². The molecule has 0 atom stereocenters. The molecule has 88 valence electrons. The number of hydrogen-bond donors (Lipinski definition) is 1. The van der Waals surface area contributed by atoms with Gasteiger partial charge in [-0.2, -0.15) is 0 Å².